The highest BCUT2D eigenvalue weighted by atomic mass is 79.9. The first-order valence-corrected chi connectivity index (χ1v) is 5.18. The van der Waals surface area contributed by atoms with E-state index in [4.69, 9.17) is 16.3 Å². The van der Waals surface area contributed by atoms with Crippen LogP contribution in [-0.2, 0) is 0 Å². The molecule has 0 radical (unpaired) electrons. The van der Waals surface area contributed by atoms with Gasteiger partial charge < -0.3 is 4.74 Å². The molecule has 0 amide bonds. The van der Waals surface area contributed by atoms with Crippen molar-refractivity contribution in [2.45, 2.75) is 0 Å². The van der Waals surface area contributed by atoms with Crippen LogP contribution in [0.25, 0.3) is 0 Å². The van der Waals surface area contributed by atoms with Gasteiger partial charge in [0.25, 0.3) is 0 Å². The average molecular weight is 287 g/mol. The Morgan fingerprint density at radius 3 is 2.93 bits per heavy atom. The van der Waals surface area contributed by atoms with Crippen LogP contribution in [0.5, 0.6) is 11.6 Å². The molecule has 4 nitrogen and oxygen atoms in total. The smallest absolute Gasteiger partial charge is 0.225 e. The molecule has 0 aliphatic rings. The zero-order valence-corrected chi connectivity index (χ0v) is 9.73. The van der Waals surface area contributed by atoms with Gasteiger partial charge in [-0.1, -0.05) is 0 Å². The molecule has 0 aliphatic carbocycles. The van der Waals surface area contributed by atoms with E-state index < -0.39 is 0 Å². The number of hydrogen-bond acceptors (Lipinski definition) is 4. The molecule has 0 saturated heterocycles. The maximum Gasteiger partial charge on any atom is 0.225 e. The highest BCUT2D eigenvalue weighted by Gasteiger charge is 2.00. The van der Waals surface area contributed by atoms with Gasteiger partial charge in [-0.25, -0.2) is 4.98 Å². The molecule has 0 bridgehead atoms. The Morgan fingerprint density at radius 1 is 1.33 bits per heavy atom. The van der Waals surface area contributed by atoms with Crippen molar-refractivity contribution in [1.82, 2.24) is 15.0 Å². The van der Waals surface area contributed by atoms with Gasteiger partial charge in [0, 0.05) is 22.9 Å². The second-order valence-electron chi connectivity index (χ2n) is 2.60. The first kappa shape index (κ1) is 10.3. The van der Waals surface area contributed by atoms with E-state index in [0.717, 1.165) is 4.47 Å². The summed E-state index contributed by atoms with van der Waals surface area (Å²) in [6.45, 7) is 0. The summed E-state index contributed by atoms with van der Waals surface area (Å²) >= 11 is 8.90. The van der Waals surface area contributed by atoms with Crippen LogP contribution in [0, 0.1) is 0 Å². The molecule has 15 heavy (non-hydrogen) atoms. The number of hydrogen-bond donors (Lipinski definition) is 0. The molecule has 6 heteroatoms. The monoisotopic (exact) mass is 285 g/mol. The predicted octanol–water partition coefficient (Wildman–Crippen LogP) is 3.08. The molecule has 0 saturated carbocycles. The molecule has 2 rings (SSSR count). The summed E-state index contributed by atoms with van der Waals surface area (Å²) in [5.41, 5.74) is 0. The Labute approximate surface area is 99.4 Å². The lowest BCUT2D eigenvalue weighted by molar-refractivity contribution is 0.459. The lowest BCUT2D eigenvalue weighted by atomic mass is 10.5. The Hall–Kier alpha value is -1.20. The molecule has 0 aromatic carbocycles. The average Bonchev–Trinajstić information content (AvgIpc) is 2.17. The van der Waals surface area contributed by atoms with Gasteiger partial charge in [-0.3, -0.25) is 4.98 Å². The van der Waals surface area contributed by atoms with Gasteiger partial charge in [0.1, 0.15) is 5.75 Å². The molecule has 2 aromatic rings. The quantitative estimate of drug-likeness (QED) is 0.796. The summed E-state index contributed by atoms with van der Waals surface area (Å²) in [6.07, 6.45) is 4.77. The molecular formula is C9H5BrClN3O. The topological polar surface area (TPSA) is 47.9 Å². The van der Waals surface area contributed by atoms with Crippen molar-refractivity contribution < 1.29 is 4.74 Å². The fraction of sp³-hybridized carbons (Fsp3) is 0. The van der Waals surface area contributed by atoms with Gasteiger partial charge >= 0.3 is 0 Å². The summed E-state index contributed by atoms with van der Waals surface area (Å²) in [5.74, 6) is 0.967. The molecule has 76 valence electrons. The lowest BCUT2D eigenvalue weighted by Crippen LogP contribution is -1.90. The minimum atomic E-state index is 0.149. The lowest BCUT2D eigenvalue weighted by Gasteiger charge is -2.03. The molecule has 0 unspecified atom stereocenters. The molecule has 2 aromatic heterocycles. The second-order valence-corrected chi connectivity index (χ2v) is 3.86. The Balaban J connectivity index is 2.22. The second kappa shape index (κ2) is 4.55. The van der Waals surface area contributed by atoms with Crippen LogP contribution in [0.4, 0.5) is 0 Å². The van der Waals surface area contributed by atoms with E-state index in [0.29, 0.717) is 11.6 Å². The summed E-state index contributed by atoms with van der Waals surface area (Å²) in [5, 5.41) is 0.149. The van der Waals surface area contributed by atoms with Crippen molar-refractivity contribution in [3.8, 4) is 11.6 Å². The molecule has 0 atom stereocenters. The van der Waals surface area contributed by atoms with Crippen LogP contribution in [0.15, 0.2) is 35.2 Å². The first-order valence-electron chi connectivity index (χ1n) is 4.01. The Kier molecular flexibility index (Phi) is 3.13. The maximum absolute atomic E-state index is 5.62. The molecule has 0 fully saturated rings. The van der Waals surface area contributed by atoms with E-state index >= 15 is 0 Å². The number of aromatic nitrogens is 3. The zero-order chi connectivity index (χ0) is 10.7. The number of pyridine rings is 1. The summed E-state index contributed by atoms with van der Waals surface area (Å²) in [6, 6.07) is 3.40. The van der Waals surface area contributed by atoms with Crippen LogP contribution in [0.1, 0.15) is 0 Å². The van der Waals surface area contributed by atoms with Crippen molar-refractivity contribution in [2.24, 2.45) is 0 Å². The van der Waals surface area contributed by atoms with Crippen LogP contribution < -0.4 is 4.74 Å². The molecule has 2 heterocycles. The van der Waals surface area contributed by atoms with Crippen molar-refractivity contribution in [2.75, 3.05) is 0 Å². The van der Waals surface area contributed by atoms with Gasteiger partial charge in [0.15, 0.2) is 0 Å². The van der Waals surface area contributed by atoms with E-state index in [9.17, 15) is 0 Å². The summed E-state index contributed by atoms with van der Waals surface area (Å²) < 4.78 is 6.25. The van der Waals surface area contributed by atoms with Gasteiger partial charge in [-0.05, 0) is 33.6 Å². The number of rotatable bonds is 2. The van der Waals surface area contributed by atoms with E-state index in [1.165, 1.54) is 6.20 Å². The van der Waals surface area contributed by atoms with E-state index in [-0.39, 0.29) is 5.28 Å². The van der Waals surface area contributed by atoms with Gasteiger partial charge in [-0.2, -0.15) is 4.98 Å². The maximum atomic E-state index is 5.62. The minimum Gasteiger partial charge on any atom is -0.437 e. The van der Waals surface area contributed by atoms with Crippen LogP contribution >= 0.6 is 27.5 Å². The summed E-state index contributed by atoms with van der Waals surface area (Å²) in [7, 11) is 0. The van der Waals surface area contributed by atoms with Crippen LogP contribution in [0.2, 0.25) is 5.28 Å². The molecule has 0 spiro atoms. The minimum absolute atomic E-state index is 0.149. The van der Waals surface area contributed by atoms with Gasteiger partial charge in [0.05, 0.1) is 6.20 Å². The molecular weight excluding hydrogens is 281 g/mol. The standard InChI is InChI=1S/C9H5BrClN3O/c10-6-3-7(5-12-4-6)15-8-1-2-13-9(11)14-8/h1-5H. The van der Waals surface area contributed by atoms with Gasteiger partial charge in [0.2, 0.25) is 11.2 Å². The highest BCUT2D eigenvalue weighted by molar-refractivity contribution is 9.10. The van der Waals surface area contributed by atoms with E-state index in [2.05, 4.69) is 30.9 Å². The third kappa shape index (κ3) is 2.87. The number of ether oxygens (including phenoxy) is 1. The van der Waals surface area contributed by atoms with Crippen molar-refractivity contribution in [1.29, 1.82) is 0 Å². The Morgan fingerprint density at radius 2 is 2.20 bits per heavy atom. The normalized spacial score (nSPS) is 10.0. The third-order valence-corrected chi connectivity index (χ3v) is 2.12. The van der Waals surface area contributed by atoms with E-state index in [1.54, 1.807) is 24.5 Å². The van der Waals surface area contributed by atoms with Crippen LogP contribution in [-0.4, -0.2) is 15.0 Å². The molecule has 0 aliphatic heterocycles. The highest BCUT2D eigenvalue weighted by Crippen LogP contribution is 2.21. The fourth-order valence-electron chi connectivity index (χ4n) is 0.945. The molecule has 0 N–H and O–H groups in total. The van der Waals surface area contributed by atoms with Crippen molar-refractivity contribution >= 4 is 27.5 Å². The SMILES string of the molecule is Clc1nccc(Oc2cncc(Br)c2)n1. The van der Waals surface area contributed by atoms with E-state index in [1.807, 2.05) is 0 Å². The fourth-order valence-corrected chi connectivity index (χ4v) is 1.43. The van der Waals surface area contributed by atoms with Gasteiger partial charge in [-0.15, -0.1) is 0 Å². The number of nitrogens with zero attached hydrogens (tertiary/aromatic N) is 3. The third-order valence-electron chi connectivity index (χ3n) is 1.50. The largest absolute Gasteiger partial charge is 0.437 e. The zero-order valence-electron chi connectivity index (χ0n) is 7.39. The Bertz CT molecular complexity index is 437. The van der Waals surface area contributed by atoms with Crippen molar-refractivity contribution in [3.63, 3.8) is 0 Å². The predicted molar refractivity (Wildman–Crippen MR) is 59.1 cm³/mol. The van der Waals surface area contributed by atoms with Crippen LogP contribution in [0.3, 0.4) is 0 Å². The summed E-state index contributed by atoms with van der Waals surface area (Å²) in [4.78, 5) is 11.6. The first-order chi connectivity index (χ1) is 7.24. The van der Waals surface area contributed by atoms with Crippen molar-refractivity contribution in [3.05, 3.63) is 40.5 Å². The number of halogens is 2.